The molecule has 1 atom stereocenters. The second-order valence-corrected chi connectivity index (χ2v) is 11.5. The summed E-state index contributed by atoms with van der Waals surface area (Å²) in [6, 6.07) is 1.73. The number of fused-ring (bicyclic) bond motifs is 1. The van der Waals surface area contributed by atoms with Crippen LogP contribution < -0.4 is 5.56 Å². The maximum absolute atomic E-state index is 12.3. The molecule has 0 aromatic carbocycles. The Morgan fingerprint density at radius 1 is 1.39 bits per heavy atom. The van der Waals surface area contributed by atoms with Crippen LogP contribution in [-0.2, 0) is 28.7 Å². The number of aryl methyl sites for hydroxylation is 1. The molecular formula is C18H28N4O4S2. The van der Waals surface area contributed by atoms with Crippen molar-refractivity contribution in [1.29, 1.82) is 0 Å². The van der Waals surface area contributed by atoms with E-state index in [1.807, 2.05) is 11.8 Å². The monoisotopic (exact) mass is 428 g/mol. The molecule has 1 aromatic rings. The number of β-amino-alcohol motifs (C(OH)–C–C–N with tert-alkyl or cyclic N) is 1. The maximum atomic E-state index is 12.3. The Morgan fingerprint density at radius 2 is 2.18 bits per heavy atom. The maximum Gasteiger partial charge on any atom is 0.267 e. The molecule has 4 heterocycles. The van der Waals surface area contributed by atoms with Crippen molar-refractivity contribution in [2.45, 2.75) is 37.2 Å². The summed E-state index contributed by atoms with van der Waals surface area (Å²) in [5.74, 6) is 2.26. The van der Waals surface area contributed by atoms with Crippen LogP contribution in [0.5, 0.6) is 0 Å². The van der Waals surface area contributed by atoms with Crippen molar-refractivity contribution >= 4 is 21.8 Å². The summed E-state index contributed by atoms with van der Waals surface area (Å²) in [5.41, 5.74) is 1.09. The van der Waals surface area contributed by atoms with Gasteiger partial charge in [-0.05, 0) is 24.2 Å². The lowest BCUT2D eigenvalue weighted by Crippen LogP contribution is -2.60. The molecule has 2 fully saturated rings. The third-order valence-corrected chi connectivity index (χ3v) is 8.13. The first-order valence-corrected chi connectivity index (χ1v) is 12.8. The summed E-state index contributed by atoms with van der Waals surface area (Å²) in [6.45, 7) is 3.30. The highest BCUT2D eigenvalue weighted by atomic mass is 32.2. The largest absolute Gasteiger partial charge is 0.387 e. The molecular weight excluding hydrogens is 400 g/mol. The van der Waals surface area contributed by atoms with E-state index in [9.17, 15) is 18.3 Å². The topological polar surface area (TPSA) is 95.7 Å². The van der Waals surface area contributed by atoms with Gasteiger partial charge in [0.25, 0.3) is 5.56 Å². The van der Waals surface area contributed by atoms with Gasteiger partial charge >= 0.3 is 0 Å². The van der Waals surface area contributed by atoms with Gasteiger partial charge < -0.3 is 5.11 Å². The molecule has 1 N–H and O–H groups in total. The summed E-state index contributed by atoms with van der Waals surface area (Å²) in [7, 11) is -3.28. The fourth-order valence-electron chi connectivity index (χ4n) is 4.45. The fourth-order valence-corrected chi connectivity index (χ4v) is 6.34. The van der Waals surface area contributed by atoms with Crippen molar-refractivity contribution in [3.8, 4) is 0 Å². The Balaban J connectivity index is 1.32. The molecule has 3 aliphatic rings. The van der Waals surface area contributed by atoms with Crippen LogP contribution in [0.4, 0.5) is 0 Å². The Hall–Kier alpha value is -0.940. The van der Waals surface area contributed by atoms with Crippen molar-refractivity contribution in [3.05, 3.63) is 27.7 Å². The van der Waals surface area contributed by atoms with E-state index < -0.39 is 15.6 Å². The van der Waals surface area contributed by atoms with Crippen LogP contribution in [0.3, 0.4) is 0 Å². The van der Waals surface area contributed by atoms with E-state index in [-0.39, 0.29) is 12.1 Å². The van der Waals surface area contributed by atoms with Crippen LogP contribution in [0.15, 0.2) is 10.9 Å². The van der Waals surface area contributed by atoms with Gasteiger partial charge in [-0.3, -0.25) is 9.69 Å². The molecule has 0 aliphatic carbocycles. The van der Waals surface area contributed by atoms with E-state index in [0.29, 0.717) is 38.4 Å². The van der Waals surface area contributed by atoms with Crippen LogP contribution in [0.2, 0.25) is 0 Å². The normalized spacial score (nSPS) is 27.4. The van der Waals surface area contributed by atoms with Gasteiger partial charge in [-0.2, -0.15) is 21.2 Å². The predicted molar refractivity (Wildman–Crippen MR) is 109 cm³/mol. The Kier molecular flexibility index (Phi) is 5.60. The zero-order chi connectivity index (χ0) is 19.9. The lowest BCUT2D eigenvalue weighted by atomic mass is 9.90. The van der Waals surface area contributed by atoms with Crippen LogP contribution in [0.25, 0.3) is 0 Å². The second-order valence-electron chi connectivity index (χ2n) is 8.42. The molecule has 0 saturated carbocycles. The van der Waals surface area contributed by atoms with Gasteiger partial charge in [0.05, 0.1) is 24.1 Å². The smallest absolute Gasteiger partial charge is 0.267 e. The van der Waals surface area contributed by atoms with Crippen LogP contribution in [0, 0.1) is 5.92 Å². The third-order valence-electron chi connectivity index (χ3n) is 5.88. The number of piperidine rings is 1. The van der Waals surface area contributed by atoms with E-state index in [4.69, 9.17) is 0 Å². The van der Waals surface area contributed by atoms with Gasteiger partial charge in [0.15, 0.2) is 0 Å². The molecule has 0 radical (unpaired) electrons. The lowest BCUT2D eigenvalue weighted by Gasteiger charge is -2.46. The fraction of sp³-hybridized carbons (Fsp3) is 0.778. The van der Waals surface area contributed by atoms with E-state index in [1.54, 1.807) is 10.7 Å². The first-order chi connectivity index (χ1) is 13.2. The third kappa shape index (κ3) is 4.46. The van der Waals surface area contributed by atoms with Gasteiger partial charge in [0, 0.05) is 56.9 Å². The van der Waals surface area contributed by atoms with Gasteiger partial charge in [-0.25, -0.2) is 13.1 Å². The number of nitrogens with zero attached hydrogens (tertiary/aromatic N) is 4. The van der Waals surface area contributed by atoms with E-state index in [0.717, 1.165) is 42.3 Å². The molecule has 1 aromatic heterocycles. The Labute approximate surface area is 170 Å². The SMILES string of the molecule is CS(=O)(=O)N1CCCC(O)(CN2CC(Cn3nc4c(cc3=O)CSCC4)C2)C1. The second kappa shape index (κ2) is 7.71. The molecule has 4 rings (SSSR count). The summed E-state index contributed by atoms with van der Waals surface area (Å²) in [6.07, 6.45) is 3.40. The van der Waals surface area contributed by atoms with Crippen LogP contribution in [0.1, 0.15) is 24.1 Å². The molecule has 0 spiro atoms. The number of sulfonamides is 1. The molecule has 2 saturated heterocycles. The Bertz CT molecular complexity index is 897. The van der Waals surface area contributed by atoms with Gasteiger partial charge in [0.1, 0.15) is 0 Å². The first kappa shape index (κ1) is 20.3. The van der Waals surface area contributed by atoms with E-state index in [1.165, 1.54) is 10.6 Å². The molecule has 0 bridgehead atoms. The molecule has 10 heteroatoms. The average molecular weight is 429 g/mol. The minimum absolute atomic E-state index is 0.0330. The van der Waals surface area contributed by atoms with Gasteiger partial charge in [-0.15, -0.1) is 0 Å². The molecule has 3 aliphatic heterocycles. The van der Waals surface area contributed by atoms with Crippen molar-refractivity contribution < 1.29 is 13.5 Å². The summed E-state index contributed by atoms with van der Waals surface area (Å²) < 4.78 is 26.6. The van der Waals surface area contributed by atoms with Crippen molar-refractivity contribution in [3.63, 3.8) is 0 Å². The number of rotatable bonds is 5. The minimum atomic E-state index is -3.28. The highest BCUT2D eigenvalue weighted by molar-refractivity contribution is 7.98. The number of thioether (sulfide) groups is 1. The van der Waals surface area contributed by atoms with E-state index >= 15 is 0 Å². The van der Waals surface area contributed by atoms with Crippen LogP contribution in [-0.4, -0.2) is 82.8 Å². The number of hydrogen-bond donors (Lipinski definition) is 1. The van der Waals surface area contributed by atoms with E-state index in [2.05, 4.69) is 10.00 Å². The molecule has 28 heavy (non-hydrogen) atoms. The first-order valence-electron chi connectivity index (χ1n) is 9.79. The van der Waals surface area contributed by atoms with Gasteiger partial charge in [0.2, 0.25) is 10.0 Å². The summed E-state index contributed by atoms with van der Waals surface area (Å²) in [5, 5.41) is 15.5. The standard InChI is InChI=1S/C18H28N4O4S2/c1-28(25,26)21-5-2-4-18(24,13-21)12-20-8-14(9-20)10-22-17(23)7-15-11-27-6-3-16(15)19-22/h7,14,24H,2-6,8-13H2,1H3. The number of aliphatic hydroxyl groups is 1. The highest BCUT2D eigenvalue weighted by Crippen LogP contribution is 2.28. The number of hydrogen-bond acceptors (Lipinski definition) is 7. The average Bonchev–Trinajstić information content (AvgIpc) is 2.59. The molecule has 156 valence electrons. The molecule has 0 amide bonds. The number of aromatic nitrogens is 2. The Morgan fingerprint density at radius 3 is 2.93 bits per heavy atom. The zero-order valence-corrected chi connectivity index (χ0v) is 17.8. The van der Waals surface area contributed by atoms with Crippen LogP contribution >= 0.6 is 11.8 Å². The summed E-state index contributed by atoms with van der Waals surface area (Å²) in [4.78, 5) is 14.5. The van der Waals surface area contributed by atoms with Crippen molar-refractivity contribution in [1.82, 2.24) is 19.0 Å². The number of likely N-dealkylation sites (tertiary alicyclic amines) is 1. The lowest BCUT2D eigenvalue weighted by molar-refractivity contribution is -0.0612. The predicted octanol–water partition coefficient (Wildman–Crippen LogP) is -0.249. The molecule has 1 unspecified atom stereocenters. The van der Waals surface area contributed by atoms with Crippen molar-refractivity contribution in [2.75, 3.05) is 44.7 Å². The summed E-state index contributed by atoms with van der Waals surface area (Å²) >= 11 is 1.84. The quantitative estimate of drug-likeness (QED) is 0.691. The van der Waals surface area contributed by atoms with Crippen molar-refractivity contribution in [2.24, 2.45) is 5.92 Å². The molecule has 8 nitrogen and oxygen atoms in total. The van der Waals surface area contributed by atoms with Gasteiger partial charge in [-0.1, -0.05) is 0 Å². The minimum Gasteiger partial charge on any atom is -0.387 e. The zero-order valence-electron chi connectivity index (χ0n) is 16.2. The highest BCUT2D eigenvalue weighted by Gasteiger charge is 2.40.